The van der Waals surface area contributed by atoms with Gasteiger partial charge < -0.3 is 0 Å². The molecule has 0 saturated heterocycles. The molecule has 134 valence electrons. The fraction of sp³-hybridized carbons (Fsp3) is 0.333. The molecule has 0 spiro atoms. The van der Waals surface area contributed by atoms with E-state index in [1.807, 2.05) is 0 Å². The standard InChI is InChI=1S/C21H22ClN3O/c1-25-12-2-4-15-6-7-17(19(20(15)25)5-3-13-25)14-23-24-21(26)16-8-10-18(22)11-9-16/h6-11,14H,2-5,12-13H2,1H3/p+1. The van der Waals surface area contributed by atoms with E-state index in [9.17, 15) is 4.79 Å². The zero-order chi connectivity index (χ0) is 18.1. The summed E-state index contributed by atoms with van der Waals surface area (Å²) in [5.74, 6) is -0.231. The van der Waals surface area contributed by atoms with Crippen LogP contribution >= 0.6 is 11.6 Å². The van der Waals surface area contributed by atoms with Crippen molar-refractivity contribution in [2.24, 2.45) is 5.10 Å². The zero-order valence-corrected chi connectivity index (χ0v) is 15.7. The molecular weight excluding hydrogens is 346 g/mol. The van der Waals surface area contributed by atoms with Crippen molar-refractivity contribution in [3.8, 4) is 0 Å². The van der Waals surface area contributed by atoms with E-state index in [-0.39, 0.29) is 5.91 Å². The highest BCUT2D eigenvalue weighted by Crippen LogP contribution is 2.40. The lowest BCUT2D eigenvalue weighted by atomic mass is 9.87. The van der Waals surface area contributed by atoms with Crippen molar-refractivity contribution in [3.05, 3.63) is 63.7 Å². The first-order chi connectivity index (χ1) is 12.6. The lowest BCUT2D eigenvalue weighted by Crippen LogP contribution is -2.52. The van der Waals surface area contributed by atoms with Crippen LogP contribution in [0.4, 0.5) is 5.69 Å². The number of carbonyl (C=O) groups is 1. The van der Waals surface area contributed by atoms with Crippen LogP contribution in [-0.2, 0) is 12.8 Å². The summed E-state index contributed by atoms with van der Waals surface area (Å²) in [6.45, 7) is 2.43. The molecule has 2 aliphatic rings. The molecule has 2 aromatic carbocycles. The lowest BCUT2D eigenvalue weighted by Gasteiger charge is -2.43. The van der Waals surface area contributed by atoms with E-state index >= 15 is 0 Å². The van der Waals surface area contributed by atoms with Gasteiger partial charge in [0.05, 0.1) is 26.4 Å². The second-order valence-electron chi connectivity index (χ2n) is 7.40. The van der Waals surface area contributed by atoms with E-state index in [4.69, 9.17) is 11.6 Å². The van der Waals surface area contributed by atoms with Gasteiger partial charge in [0.15, 0.2) is 0 Å². The van der Waals surface area contributed by atoms with Crippen LogP contribution in [0.15, 0.2) is 41.5 Å². The van der Waals surface area contributed by atoms with Crippen LogP contribution in [-0.4, -0.2) is 32.3 Å². The van der Waals surface area contributed by atoms with Gasteiger partial charge in [-0.15, -0.1) is 0 Å². The highest BCUT2D eigenvalue weighted by atomic mass is 35.5. The Morgan fingerprint density at radius 3 is 2.62 bits per heavy atom. The average Bonchev–Trinajstić information content (AvgIpc) is 2.64. The van der Waals surface area contributed by atoms with Gasteiger partial charge in [-0.05, 0) is 37.1 Å². The van der Waals surface area contributed by atoms with Crippen molar-refractivity contribution < 1.29 is 4.79 Å². The van der Waals surface area contributed by atoms with Gasteiger partial charge in [-0.3, -0.25) is 9.28 Å². The maximum Gasteiger partial charge on any atom is 0.271 e. The van der Waals surface area contributed by atoms with Crippen LogP contribution in [0.25, 0.3) is 0 Å². The van der Waals surface area contributed by atoms with Gasteiger partial charge in [-0.1, -0.05) is 23.7 Å². The van der Waals surface area contributed by atoms with Crippen LogP contribution in [0.3, 0.4) is 0 Å². The Bertz CT molecular complexity index is 872. The Morgan fingerprint density at radius 2 is 1.85 bits per heavy atom. The molecular formula is C21H23ClN3O+. The van der Waals surface area contributed by atoms with Crippen molar-refractivity contribution in [2.75, 3.05) is 20.1 Å². The van der Waals surface area contributed by atoms with Gasteiger partial charge in [0.1, 0.15) is 5.69 Å². The first-order valence-corrected chi connectivity index (χ1v) is 9.53. The average molecular weight is 369 g/mol. The molecule has 2 aliphatic heterocycles. The monoisotopic (exact) mass is 368 g/mol. The fourth-order valence-corrected chi connectivity index (χ4v) is 4.47. The number of carbonyl (C=O) groups excluding carboxylic acids is 1. The summed E-state index contributed by atoms with van der Waals surface area (Å²) >= 11 is 5.86. The minimum atomic E-state index is -0.231. The second kappa shape index (κ2) is 6.86. The van der Waals surface area contributed by atoms with Gasteiger partial charge in [0, 0.05) is 40.1 Å². The predicted molar refractivity (Wildman–Crippen MR) is 107 cm³/mol. The molecule has 4 rings (SSSR count). The molecule has 0 saturated carbocycles. The number of aryl methyl sites for hydroxylation is 1. The van der Waals surface area contributed by atoms with Crippen LogP contribution in [0.5, 0.6) is 0 Å². The Morgan fingerprint density at radius 1 is 1.12 bits per heavy atom. The summed E-state index contributed by atoms with van der Waals surface area (Å²) in [4.78, 5) is 12.2. The minimum absolute atomic E-state index is 0.231. The molecule has 0 fully saturated rings. The summed E-state index contributed by atoms with van der Waals surface area (Å²) in [6, 6.07) is 11.2. The van der Waals surface area contributed by atoms with Gasteiger partial charge in [-0.2, -0.15) is 5.10 Å². The predicted octanol–water partition coefficient (Wildman–Crippen LogP) is 3.93. The van der Waals surface area contributed by atoms with Crippen molar-refractivity contribution in [1.29, 1.82) is 0 Å². The van der Waals surface area contributed by atoms with Crippen LogP contribution < -0.4 is 9.91 Å². The number of hydrogen-bond donors (Lipinski definition) is 1. The van der Waals surface area contributed by atoms with Crippen molar-refractivity contribution in [2.45, 2.75) is 25.7 Å². The van der Waals surface area contributed by atoms with E-state index in [0.29, 0.717) is 10.6 Å². The van der Waals surface area contributed by atoms with Crippen molar-refractivity contribution >= 4 is 29.4 Å². The number of hydrazone groups is 1. The second-order valence-corrected chi connectivity index (χ2v) is 7.83. The summed E-state index contributed by atoms with van der Waals surface area (Å²) in [6.07, 6.45) is 6.50. The molecule has 0 aliphatic carbocycles. The van der Waals surface area contributed by atoms with Gasteiger partial charge in [-0.25, -0.2) is 5.43 Å². The Hall–Kier alpha value is -2.17. The maximum absolute atomic E-state index is 12.2. The van der Waals surface area contributed by atoms with Crippen molar-refractivity contribution in [1.82, 2.24) is 9.91 Å². The SMILES string of the molecule is C[N+]12CCCc3ccc(C=NNC(=O)c4ccc(Cl)cc4)c(c31)CCC2. The zero-order valence-electron chi connectivity index (χ0n) is 15.0. The van der Waals surface area contributed by atoms with E-state index in [2.05, 4.69) is 29.7 Å². The molecule has 1 N–H and O–H groups in total. The highest BCUT2D eigenvalue weighted by Gasteiger charge is 2.37. The number of nitrogens with one attached hydrogen (secondary N) is 1. The molecule has 0 bridgehead atoms. The summed E-state index contributed by atoms with van der Waals surface area (Å²) in [5, 5.41) is 4.82. The number of nitrogens with zero attached hydrogens (tertiary/aromatic N) is 2. The van der Waals surface area contributed by atoms with E-state index in [1.165, 1.54) is 49.2 Å². The van der Waals surface area contributed by atoms with Crippen LogP contribution in [0.2, 0.25) is 5.02 Å². The number of amides is 1. The van der Waals surface area contributed by atoms with Gasteiger partial charge in [0.2, 0.25) is 0 Å². The van der Waals surface area contributed by atoms with E-state index in [0.717, 1.165) is 16.5 Å². The quantitative estimate of drug-likeness (QED) is 0.497. The largest absolute Gasteiger partial charge is 0.293 e. The summed E-state index contributed by atoms with van der Waals surface area (Å²) < 4.78 is 1.05. The molecule has 0 radical (unpaired) electrons. The third-order valence-electron chi connectivity index (χ3n) is 5.59. The minimum Gasteiger partial charge on any atom is -0.293 e. The van der Waals surface area contributed by atoms with Gasteiger partial charge >= 0.3 is 0 Å². The van der Waals surface area contributed by atoms with Crippen LogP contribution in [0.1, 0.15) is 39.9 Å². The number of halogens is 1. The van der Waals surface area contributed by atoms with Crippen molar-refractivity contribution in [3.63, 3.8) is 0 Å². The number of quaternary nitrogens is 1. The molecule has 26 heavy (non-hydrogen) atoms. The number of benzene rings is 2. The molecule has 0 aromatic heterocycles. The first-order valence-electron chi connectivity index (χ1n) is 9.16. The summed E-state index contributed by atoms with van der Waals surface area (Å²) in [7, 11) is 2.35. The topological polar surface area (TPSA) is 41.5 Å². The van der Waals surface area contributed by atoms with Gasteiger partial charge in [0.25, 0.3) is 5.91 Å². The Balaban J connectivity index is 1.57. The third-order valence-corrected chi connectivity index (χ3v) is 5.85. The molecule has 5 heteroatoms. The lowest BCUT2D eigenvalue weighted by molar-refractivity contribution is 0.0955. The normalized spacial score (nSPS) is 21.5. The smallest absolute Gasteiger partial charge is 0.271 e. The Kier molecular flexibility index (Phi) is 4.55. The maximum atomic E-state index is 12.2. The molecule has 1 amide bonds. The molecule has 4 nitrogen and oxygen atoms in total. The highest BCUT2D eigenvalue weighted by molar-refractivity contribution is 6.30. The summed E-state index contributed by atoms with van der Waals surface area (Å²) in [5.41, 5.74) is 8.66. The van der Waals surface area contributed by atoms with E-state index in [1.54, 1.807) is 30.5 Å². The molecule has 1 unspecified atom stereocenters. The first kappa shape index (κ1) is 17.3. The molecule has 1 atom stereocenters. The number of rotatable bonds is 3. The molecule has 2 aromatic rings. The van der Waals surface area contributed by atoms with Crippen LogP contribution in [0, 0.1) is 0 Å². The molecule has 2 heterocycles. The fourth-order valence-electron chi connectivity index (χ4n) is 4.34. The van der Waals surface area contributed by atoms with E-state index < -0.39 is 0 Å². The third kappa shape index (κ3) is 3.15. The number of hydrogen-bond acceptors (Lipinski definition) is 2. The Labute approximate surface area is 159 Å².